The zero-order valence-electron chi connectivity index (χ0n) is 10.8. The number of nitrogens with one attached hydrogen (secondary N) is 1. The van der Waals surface area contributed by atoms with E-state index in [4.69, 9.17) is 4.42 Å². The Morgan fingerprint density at radius 2 is 1.90 bits per heavy atom. The number of hydrogen-bond donors (Lipinski definition) is 1. The standard InChI is InChI=1S/C14H12BrF2NO2/c1-7-10(16)5-9(6-11(7)17)8(2)18-14(19)12-3-4-13(15)20-12/h3-6,8H,1-2H3,(H,18,19)/t8-/m1/s1. The van der Waals surface area contributed by atoms with E-state index in [0.29, 0.717) is 10.2 Å². The van der Waals surface area contributed by atoms with Gasteiger partial charge in [0, 0.05) is 5.56 Å². The topological polar surface area (TPSA) is 42.2 Å². The molecule has 3 nitrogen and oxygen atoms in total. The lowest BCUT2D eigenvalue weighted by Crippen LogP contribution is -2.26. The van der Waals surface area contributed by atoms with Crippen LogP contribution >= 0.6 is 15.9 Å². The van der Waals surface area contributed by atoms with Crippen molar-refractivity contribution in [2.45, 2.75) is 19.9 Å². The lowest BCUT2D eigenvalue weighted by atomic mass is 10.1. The van der Waals surface area contributed by atoms with Gasteiger partial charge < -0.3 is 9.73 Å². The molecule has 0 unspecified atom stereocenters. The second kappa shape index (κ2) is 5.75. The van der Waals surface area contributed by atoms with Crippen molar-refractivity contribution in [3.63, 3.8) is 0 Å². The third-order valence-electron chi connectivity index (χ3n) is 2.95. The summed E-state index contributed by atoms with van der Waals surface area (Å²) in [6, 6.07) is 4.96. The molecular weight excluding hydrogens is 332 g/mol. The summed E-state index contributed by atoms with van der Waals surface area (Å²) in [5, 5.41) is 2.61. The van der Waals surface area contributed by atoms with Crippen LogP contribution in [-0.4, -0.2) is 5.91 Å². The Kier molecular flexibility index (Phi) is 4.23. The van der Waals surface area contributed by atoms with Crippen molar-refractivity contribution in [3.05, 3.63) is 57.5 Å². The van der Waals surface area contributed by atoms with Gasteiger partial charge in [0.1, 0.15) is 11.6 Å². The van der Waals surface area contributed by atoms with E-state index in [2.05, 4.69) is 21.2 Å². The molecule has 6 heteroatoms. The molecule has 0 aliphatic carbocycles. The van der Waals surface area contributed by atoms with Crippen LogP contribution in [0.15, 0.2) is 33.4 Å². The lowest BCUT2D eigenvalue weighted by molar-refractivity contribution is 0.0910. The zero-order valence-corrected chi connectivity index (χ0v) is 12.4. The Labute approximate surface area is 123 Å². The highest BCUT2D eigenvalue weighted by Gasteiger charge is 2.17. The molecule has 1 aromatic carbocycles. The molecule has 0 saturated carbocycles. The van der Waals surface area contributed by atoms with Gasteiger partial charge in [-0.3, -0.25) is 4.79 Å². The number of amides is 1. The number of hydrogen-bond acceptors (Lipinski definition) is 2. The van der Waals surface area contributed by atoms with Crippen LogP contribution in [0, 0.1) is 18.6 Å². The van der Waals surface area contributed by atoms with Gasteiger partial charge >= 0.3 is 0 Å². The molecular formula is C14H12BrF2NO2. The van der Waals surface area contributed by atoms with Crippen molar-refractivity contribution < 1.29 is 18.0 Å². The van der Waals surface area contributed by atoms with Crippen molar-refractivity contribution in [2.24, 2.45) is 0 Å². The lowest BCUT2D eigenvalue weighted by Gasteiger charge is -2.14. The molecule has 0 aliphatic heterocycles. The Bertz CT molecular complexity index is 631. The van der Waals surface area contributed by atoms with Gasteiger partial charge in [-0.15, -0.1) is 0 Å². The first-order valence-electron chi connectivity index (χ1n) is 5.90. The summed E-state index contributed by atoms with van der Waals surface area (Å²) in [5.41, 5.74) is 0.312. The molecule has 2 aromatic rings. The third-order valence-corrected chi connectivity index (χ3v) is 3.37. The summed E-state index contributed by atoms with van der Waals surface area (Å²) in [5.74, 6) is -1.61. The fourth-order valence-electron chi connectivity index (χ4n) is 1.70. The first-order valence-corrected chi connectivity index (χ1v) is 6.69. The number of rotatable bonds is 3. The van der Waals surface area contributed by atoms with Gasteiger partial charge in [-0.05, 0) is 59.6 Å². The molecule has 0 saturated heterocycles. The summed E-state index contributed by atoms with van der Waals surface area (Å²) in [4.78, 5) is 11.9. The molecule has 20 heavy (non-hydrogen) atoms. The minimum atomic E-state index is -0.637. The zero-order chi connectivity index (χ0) is 14.9. The van der Waals surface area contributed by atoms with Crippen molar-refractivity contribution >= 4 is 21.8 Å². The van der Waals surface area contributed by atoms with Crippen LogP contribution < -0.4 is 5.32 Å². The van der Waals surface area contributed by atoms with Crippen LogP contribution in [0.5, 0.6) is 0 Å². The molecule has 1 N–H and O–H groups in total. The third kappa shape index (κ3) is 3.07. The van der Waals surface area contributed by atoms with Crippen molar-refractivity contribution in [1.29, 1.82) is 0 Å². The van der Waals surface area contributed by atoms with Crippen LogP contribution in [0.3, 0.4) is 0 Å². The Hall–Kier alpha value is -1.69. The summed E-state index contributed by atoms with van der Waals surface area (Å²) in [7, 11) is 0. The van der Waals surface area contributed by atoms with Crippen molar-refractivity contribution in [1.82, 2.24) is 5.32 Å². The number of carbonyl (C=O) groups excluding carboxylic acids is 1. The van der Waals surface area contributed by atoms with Gasteiger partial charge in [-0.25, -0.2) is 8.78 Å². The minimum Gasteiger partial charge on any atom is -0.444 e. The second-order valence-corrected chi connectivity index (χ2v) is 5.19. The van der Waals surface area contributed by atoms with E-state index in [1.807, 2.05) is 0 Å². The van der Waals surface area contributed by atoms with E-state index in [1.54, 1.807) is 13.0 Å². The minimum absolute atomic E-state index is 0.0396. The van der Waals surface area contributed by atoms with E-state index in [9.17, 15) is 13.6 Å². The van der Waals surface area contributed by atoms with E-state index in [1.165, 1.54) is 25.1 Å². The van der Waals surface area contributed by atoms with Crippen LogP contribution in [0.25, 0.3) is 0 Å². The van der Waals surface area contributed by atoms with Gasteiger partial charge in [0.05, 0.1) is 6.04 Å². The van der Waals surface area contributed by atoms with Gasteiger partial charge in [0.2, 0.25) is 0 Å². The van der Waals surface area contributed by atoms with Crippen molar-refractivity contribution in [2.75, 3.05) is 0 Å². The SMILES string of the molecule is Cc1c(F)cc([C@@H](C)NC(=O)c2ccc(Br)o2)cc1F. The summed E-state index contributed by atoms with van der Waals surface area (Å²) in [6.45, 7) is 3.00. The average Bonchev–Trinajstić information content (AvgIpc) is 2.82. The van der Waals surface area contributed by atoms with Gasteiger partial charge in [-0.2, -0.15) is 0 Å². The Morgan fingerprint density at radius 1 is 1.30 bits per heavy atom. The smallest absolute Gasteiger partial charge is 0.287 e. The first kappa shape index (κ1) is 14.7. The quantitative estimate of drug-likeness (QED) is 0.910. The van der Waals surface area contributed by atoms with E-state index < -0.39 is 23.6 Å². The molecule has 1 heterocycles. The highest BCUT2D eigenvalue weighted by Crippen LogP contribution is 2.20. The molecule has 0 fully saturated rings. The largest absolute Gasteiger partial charge is 0.444 e. The number of carbonyl (C=O) groups is 1. The van der Waals surface area contributed by atoms with Crippen LogP contribution in [0.2, 0.25) is 0 Å². The average molecular weight is 344 g/mol. The Balaban J connectivity index is 2.16. The van der Waals surface area contributed by atoms with E-state index in [0.717, 1.165) is 0 Å². The first-order chi connectivity index (χ1) is 9.38. The maximum Gasteiger partial charge on any atom is 0.287 e. The maximum atomic E-state index is 13.5. The highest BCUT2D eigenvalue weighted by molar-refractivity contribution is 9.10. The van der Waals surface area contributed by atoms with E-state index in [-0.39, 0.29) is 11.3 Å². The fourth-order valence-corrected chi connectivity index (χ4v) is 2.01. The van der Waals surface area contributed by atoms with Crippen LogP contribution in [0.1, 0.15) is 34.6 Å². The number of furan rings is 1. The summed E-state index contributed by atoms with van der Waals surface area (Å²) >= 11 is 3.09. The van der Waals surface area contributed by atoms with E-state index >= 15 is 0 Å². The molecule has 0 bridgehead atoms. The predicted molar refractivity (Wildman–Crippen MR) is 73.4 cm³/mol. The second-order valence-electron chi connectivity index (χ2n) is 4.41. The molecule has 0 radical (unpaired) electrons. The van der Waals surface area contributed by atoms with Gasteiger partial charge in [0.15, 0.2) is 10.4 Å². The predicted octanol–water partition coefficient (Wildman–Crippen LogP) is 4.12. The van der Waals surface area contributed by atoms with Crippen molar-refractivity contribution in [3.8, 4) is 0 Å². The van der Waals surface area contributed by atoms with Gasteiger partial charge in [0.25, 0.3) is 5.91 Å². The van der Waals surface area contributed by atoms with Crippen LogP contribution in [-0.2, 0) is 0 Å². The maximum absolute atomic E-state index is 13.5. The Morgan fingerprint density at radius 3 is 2.40 bits per heavy atom. The highest BCUT2D eigenvalue weighted by atomic mass is 79.9. The summed E-state index contributed by atoms with van der Waals surface area (Å²) < 4.78 is 32.5. The molecule has 1 aromatic heterocycles. The molecule has 106 valence electrons. The monoisotopic (exact) mass is 343 g/mol. The fraction of sp³-hybridized carbons (Fsp3) is 0.214. The number of benzene rings is 1. The normalized spacial score (nSPS) is 12.2. The molecule has 1 atom stereocenters. The van der Waals surface area contributed by atoms with Crippen LogP contribution in [0.4, 0.5) is 8.78 Å². The molecule has 0 aliphatic rings. The molecule has 0 spiro atoms. The summed E-state index contributed by atoms with van der Waals surface area (Å²) in [6.07, 6.45) is 0. The van der Waals surface area contributed by atoms with Gasteiger partial charge in [-0.1, -0.05) is 0 Å². The number of halogens is 3. The molecule has 2 rings (SSSR count). The molecule has 1 amide bonds.